The standard InChI is InChI=1S/C15H23N5O6/c1-3-7(22)9-4-8(23)13(26-9)20-11-10(12(24)18-14(16)17-11)19(15(20)25)5-6(2)21/h6-9,13,21-23H,3-5H2,1-2H3,(H3,16,17,18,24)/t6-,7+,8-,9+,13-/m1/s1. The maximum atomic E-state index is 12.9. The summed E-state index contributed by atoms with van der Waals surface area (Å²) in [5.74, 6) is -0.192. The molecule has 3 rings (SSSR count). The number of rotatable bonds is 5. The van der Waals surface area contributed by atoms with Crippen LogP contribution >= 0.6 is 0 Å². The van der Waals surface area contributed by atoms with Crippen molar-refractivity contribution in [2.75, 3.05) is 5.73 Å². The van der Waals surface area contributed by atoms with E-state index in [2.05, 4.69) is 9.97 Å². The second kappa shape index (κ2) is 6.83. The number of ether oxygens (including phenoxy) is 1. The number of aliphatic hydroxyl groups is 3. The summed E-state index contributed by atoms with van der Waals surface area (Å²) < 4.78 is 7.82. The lowest BCUT2D eigenvalue weighted by atomic mass is 10.1. The van der Waals surface area contributed by atoms with E-state index in [0.29, 0.717) is 6.42 Å². The largest absolute Gasteiger partial charge is 0.392 e. The molecule has 0 spiro atoms. The fourth-order valence-electron chi connectivity index (χ4n) is 3.29. The molecule has 0 radical (unpaired) electrons. The first-order valence-electron chi connectivity index (χ1n) is 8.44. The number of aromatic amines is 1. The predicted molar refractivity (Wildman–Crippen MR) is 91.5 cm³/mol. The highest BCUT2D eigenvalue weighted by atomic mass is 16.5. The first-order valence-corrected chi connectivity index (χ1v) is 8.44. The molecule has 0 unspecified atom stereocenters. The van der Waals surface area contributed by atoms with E-state index in [1.807, 2.05) is 0 Å². The topological polar surface area (TPSA) is 169 Å². The van der Waals surface area contributed by atoms with E-state index in [-0.39, 0.29) is 30.1 Å². The highest BCUT2D eigenvalue weighted by molar-refractivity contribution is 5.71. The number of H-pyrrole nitrogens is 1. The monoisotopic (exact) mass is 369 g/mol. The zero-order valence-electron chi connectivity index (χ0n) is 14.5. The average Bonchev–Trinajstić information content (AvgIpc) is 3.05. The van der Waals surface area contributed by atoms with Gasteiger partial charge in [-0.2, -0.15) is 4.98 Å². The molecular weight excluding hydrogens is 346 g/mol. The number of nitrogens with zero attached hydrogens (tertiary/aromatic N) is 3. The zero-order chi connectivity index (χ0) is 19.2. The number of aromatic nitrogens is 4. The third kappa shape index (κ3) is 3.03. The number of hydrogen-bond acceptors (Lipinski definition) is 8. The summed E-state index contributed by atoms with van der Waals surface area (Å²) in [4.78, 5) is 31.5. The molecule has 26 heavy (non-hydrogen) atoms. The van der Waals surface area contributed by atoms with E-state index in [0.717, 1.165) is 9.13 Å². The summed E-state index contributed by atoms with van der Waals surface area (Å²) in [6.45, 7) is 3.11. The Morgan fingerprint density at radius 2 is 2.12 bits per heavy atom. The van der Waals surface area contributed by atoms with Crippen LogP contribution < -0.4 is 17.0 Å². The lowest BCUT2D eigenvalue weighted by molar-refractivity contribution is -0.0760. The molecule has 5 atom stereocenters. The molecule has 2 aromatic rings. The molecule has 2 aromatic heterocycles. The molecule has 0 bridgehead atoms. The Kier molecular flexibility index (Phi) is 4.88. The smallest absolute Gasteiger partial charge is 0.332 e. The summed E-state index contributed by atoms with van der Waals surface area (Å²) >= 11 is 0. The SMILES string of the molecule is CC[C@H](O)[C@@H]1C[C@@H](O)[C@H](n2c(=O)n(C[C@@H](C)O)c3c(=O)[nH]c(N)nc32)O1. The van der Waals surface area contributed by atoms with Crippen LogP contribution in [0.3, 0.4) is 0 Å². The van der Waals surface area contributed by atoms with Crippen LogP contribution in [-0.2, 0) is 11.3 Å². The summed E-state index contributed by atoms with van der Waals surface area (Å²) in [6, 6.07) is 0. The zero-order valence-corrected chi connectivity index (χ0v) is 14.5. The van der Waals surface area contributed by atoms with Gasteiger partial charge in [0.1, 0.15) is 6.10 Å². The number of imidazole rings is 1. The van der Waals surface area contributed by atoms with E-state index >= 15 is 0 Å². The fourth-order valence-corrected chi connectivity index (χ4v) is 3.29. The van der Waals surface area contributed by atoms with Crippen LogP contribution in [0.15, 0.2) is 9.59 Å². The van der Waals surface area contributed by atoms with Crippen molar-refractivity contribution in [2.45, 2.75) is 63.9 Å². The second-order valence-electron chi connectivity index (χ2n) is 6.58. The first kappa shape index (κ1) is 18.6. The van der Waals surface area contributed by atoms with Crippen LogP contribution in [0.1, 0.15) is 32.9 Å². The molecule has 1 fully saturated rings. The van der Waals surface area contributed by atoms with E-state index < -0.39 is 41.9 Å². The van der Waals surface area contributed by atoms with Crippen molar-refractivity contribution in [1.82, 2.24) is 19.1 Å². The van der Waals surface area contributed by atoms with Crippen molar-refractivity contribution in [3.8, 4) is 0 Å². The van der Waals surface area contributed by atoms with Crippen LogP contribution in [0, 0.1) is 0 Å². The number of anilines is 1. The molecule has 0 aromatic carbocycles. The number of nitrogens with one attached hydrogen (secondary N) is 1. The van der Waals surface area contributed by atoms with Crippen molar-refractivity contribution < 1.29 is 20.1 Å². The summed E-state index contributed by atoms with van der Waals surface area (Å²) in [5, 5.41) is 30.0. The number of fused-ring (bicyclic) bond motifs is 1. The lowest BCUT2D eigenvalue weighted by Gasteiger charge is -2.18. The fraction of sp³-hybridized carbons (Fsp3) is 0.667. The summed E-state index contributed by atoms with van der Waals surface area (Å²) in [6.07, 6.45) is -3.99. The van der Waals surface area contributed by atoms with E-state index in [4.69, 9.17) is 10.5 Å². The third-order valence-corrected chi connectivity index (χ3v) is 4.50. The molecule has 0 amide bonds. The van der Waals surface area contributed by atoms with Crippen molar-refractivity contribution in [2.24, 2.45) is 0 Å². The Hall–Kier alpha value is -2.21. The minimum absolute atomic E-state index is 0.0485. The molecule has 1 aliphatic heterocycles. The molecule has 1 aliphatic rings. The van der Waals surface area contributed by atoms with Crippen LogP contribution in [0.25, 0.3) is 11.2 Å². The maximum absolute atomic E-state index is 12.9. The van der Waals surface area contributed by atoms with Crippen molar-refractivity contribution in [1.29, 1.82) is 0 Å². The Balaban J connectivity index is 2.19. The Morgan fingerprint density at radius 3 is 2.73 bits per heavy atom. The van der Waals surface area contributed by atoms with Gasteiger partial charge in [0.05, 0.1) is 24.9 Å². The van der Waals surface area contributed by atoms with Gasteiger partial charge < -0.3 is 25.8 Å². The third-order valence-electron chi connectivity index (χ3n) is 4.50. The van der Waals surface area contributed by atoms with Crippen molar-refractivity contribution >= 4 is 17.1 Å². The van der Waals surface area contributed by atoms with Gasteiger partial charge in [0.25, 0.3) is 5.56 Å². The van der Waals surface area contributed by atoms with E-state index in [1.54, 1.807) is 6.92 Å². The minimum Gasteiger partial charge on any atom is -0.392 e. The molecule has 11 nitrogen and oxygen atoms in total. The highest BCUT2D eigenvalue weighted by Crippen LogP contribution is 2.32. The van der Waals surface area contributed by atoms with Gasteiger partial charge in [-0.05, 0) is 13.3 Å². The number of nitrogen functional groups attached to an aromatic ring is 1. The summed E-state index contributed by atoms with van der Waals surface area (Å²) in [5.41, 5.74) is 4.18. The number of aliphatic hydroxyl groups excluding tert-OH is 3. The maximum Gasteiger partial charge on any atom is 0.332 e. The molecule has 3 heterocycles. The van der Waals surface area contributed by atoms with E-state index in [1.165, 1.54) is 6.92 Å². The van der Waals surface area contributed by atoms with Gasteiger partial charge in [-0.15, -0.1) is 0 Å². The first-order chi connectivity index (χ1) is 12.2. The van der Waals surface area contributed by atoms with Gasteiger partial charge in [0.2, 0.25) is 5.95 Å². The molecular formula is C15H23N5O6. The van der Waals surface area contributed by atoms with Gasteiger partial charge in [0.15, 0.2) is 17.4 Å². The highest BCUT2D eigenvalue weighted by Gasteiger charge is 2.40. The normalized spacial score (nSPS) is 25.7. The minimum atomic E-state index is -1.12. The van der Waals surface area contributed by atoms with Crippen molar-refractivity contribution in [3.05, 3.63) is 20.8 Å². The van der Waals surface area contributed by atoms with Crippen LogP contribution in [0.2, 0.25) is 0 Å². The van der Waals surface area contributed by atoms with Gasteiger partial charge in [0, 0.05) is 6.42 Å². The van der Waals surface area contributed by atoms with E-state index in [9.17, 15) is 24.9 Å². The average molecular weight is 369 g/mol. The second-order valence-corrected chi connectivity index (χ2v) is 6.58. The predicted octanol–water partition coefficient (Wildman–Crippen LogP) is -1.73. The van der Waals surface area contributed by atoms with Gasteiger partial charge in [-0.3, -0.25) is 14.3 Å². The Bertz CT molecular complexity index is 916. The molecule has 1 saturated heterocycles. The Morgan fingerprint density at radius 1 is 1.42 bits per heavy atom. The molecule has 11 heteroatoms. The molecule has 144 valence electrons. The van der Waals surface area contributed by atoms with Gasteiger partial charge in [-0.1, -0.05) is 6.92 Å². The molecule has 0 aliphatic carbocycles. The van der Waals surface area contributed by atoms with Crippen LogP contribution in [0.4, 0.5) is 5.95 Å². The Labute approximate surface area is 147 Å². The number of hydrogen-bond donors (Lipinski definition) is 5. The quantitative estimate of drug-likeness (QED) is 0.414. The summed E-state index contributed by atoms with van der Waals surface area (Å²) in [7, 11) is 0. The van der Waals surface area contributed by atoms with Crippen LogP contribution in [-0.4, -0.2) is 58.8 Å². The van der Waals surface area contributed by atoms with Crippen molar-refractivity contribution in [3.63, 3.8) is 0 Å². The number of nitrogens with two attached hydrogens (primary N) is 1. The lowest BCUT2D eigenvalue weighted by Crippen LogP contribution is -2.34. The molecule has 6 N–H and O–H groups in total. The van der Waals surface area contributed by atoms with Crippen LogP contribution in [0.5, 0.6) is 0 Å². The van der Waals surface area contributed by atoms with Gasteiger partial charge in [-0.25, -0.2) is 9.36 Å². The molecule has 0 saturated carbocycles. The van der Waals surface area contributed by atoms with Gasteiger partial charge >= 0.3 is 5.69 Å².